The Bertz CT molecular complexity index is 354. The maximum atomic E-state index is 5.78. The predicted molar refractivity (Wildman–Crippen MR) is 65.1 cm³/mol. The Morgan fingerprint density at radius 1 is 1.31 bits per heavy atom. The Kier molecular flexibility index (Phi) is 4.24. The van der Waals surface area contributed by atoms with E-state index in [-0.39, 0.29) is 0 Å². The molecule has 0 aliphatic rings. The van der Waals surface area contributed by atoms with E-state index in [2.05, 4.69) is 23.8 Å². The fourth-order valence-corrected chi connectivity index (χ4v) is 1.58. The van der Waals surface area contributed by atoms with Crippen molar-refractivity contribution in [2.45, 2.75) is 46.1 Å². The van der Waals surface area contributed by atoms with Crippen LogP contribution >= 0.6 is 0 Å². The molecule has 0 spiro atoms. The molecule has 0 bridgehead atoms. The van der Waals surface area contributed by atoms with Gasteiger partial charge in [-0.15, -0.1) is 0 Å². The van der Waals surface area contributed by atoms with Gasteiger partial charge in [-0.05, 0) is 26.7 Å². The number of hydrogen-bond donors (Lipinski definition) is 1. The monoisotopic (exact) mass is 223 g/mol. The molecule has 0 aliphatic carbocycles. The predicted octanol–water partition coefficient (Wildman–Crippen LogP) is 2.28. The van der Waals surface area contributed by atoms with E-state index in [9.17, 15) is 0 Å². The normalized spacial score (nSPS) is 14.8. The van der Waals surface area contributed by atoms with Crippen molar-refractivity contribution in [2.75, 3.05) is 12.3 Å². The summed E-state index contributed by atoms with van der Waals surface area (Å²) < 4.78 is 5.74. The minimum Gasteiger partial charge on any atom is -0.384 e. The summed E-state index contributed by atoms with van der Waals surface area (Å²) in [6.07, 6.45) is 1.68. The molecule has 90 valence electrons. The highest BCUT2D eigenvalue weighted by molar-refractivity contribution is 5.31. The smallest absolute Gasteiger partial charge is 0.162 e. The summed E-state index contributed by atoms with van der Waals surface area (Å²) in [6, 6.07) is 1.81. The van der Waals surface area contributed by atoms with Gasteiger partial charge in [0.1, 0.15) is 11.4 Å². The van der Waals surface area contributed by atoms with Crippen molar-refractivity contribution in [3.05, 3.63) is 17.6 Å². The van der Waals surface area contributed by atoms with E-state index in [1.54, 1.807) is 0 Å². The van der Waals surface area contributed by atoms with Crippen LogP contribution < -0.4 is 5.73 Å². The van der Waals surface area contributed by atoms with Gasteiger partial charge in [-0.1, -0.05) is 13.8 Å². The molecule has 4 heteroatoms. The first-order valence-corrected chi connectivity index (χ1v) is 5.83. The van der Waals surface area contributed by atoms with Crippen molar-refractivity contribution in [1.29, 1.82) is 0 Å². The molecular weight excluding hydrogens is 202 g/mol. The van der Waals surface area contributed by atoms with Crippen molar-refractivity contribution in [3.8, 4) is 0 Å². The third-order valence-corrected chi connectivity index (χ3v) is 2.77. The minimum atomic E-state index is -0.436. The van der Waals surface area contributed by atoms with Crippen LogP contribution in [-0.2, 0) is 16.8 Å². The molecule has 4 nitrogen and oxygen atoms in total. The number of anilines is 1. The Labute approximate surface area is 97.2 Å². The van der Waals surface area contributed by atoms with Crippen LogP contribution in [0.1, 0.15) is 45.6 Å². The molecular formula is C12H21N3O. The minimum absolute atomic E-state index is 0.436. The van der Waals surface area contributed by atoms with Gasteiger partial charge in [0.25, 0.3) is 0 Å². The van der Waals surface area contributed by atoms with E-state index >= 15 is 0 Å². The summed E-state index contributed by atoms with van der Waals surface area (Å²) in [5.74, 6) is 1.20. The summed E-state index contributed by atoms with van der Waals surface area (Å²) in [4.78, 5) is 8.78. The van der Waals surface area contributed by atoms with E-state index in [4.69, 9.17) is 10.5 Å². The highest BCUT2D eigenvalue weighted by Crippen LogP contribution is 2.26. The van der Waals surface area contributed by atoms with Gasteiger partial charge < -0.3 is 10.5 Å². The number of hydrogen-bond acceptors (Lipinski definition) is 4. The number of nitrogen functional groups attached to an aromatic ring is 1. The Morgan fingerprint density at radius 2 is 2.00 bits per heavy atom. The SMILES string of the molecule is CCOC(C)(CC)c1nc(N)cc(CC)n1. The zero-order chi connectivity index (χ0) is 12.2. The fraction of sp³-hybridized carbons (Fsp3) is 0.667. The lowest BCUT2D eigenvalue weighted by Gasteiger charge is -2.26. The van der Waals surface area contributed by atoms with Crippen molar-refractivity contribution < 1.29 is 4.74 Å². The van der Waals surface area contributed by atoms with Crippen LogP contribution in [0.2, 0.25) is 0 Å². The van der Waals surface area contributed by atoms with E-state index in [0.29, 0.717) is 18.2 Å². The van der Waals surface area contributed by atoms with Gasteiger partial charge in [0.05, 0.1) is 0 Å². The summed E-state index contributed by atoms with van der Waals surface area (Å²) in [5, 5.41) is 0. The van der Waals surface area contributed by atoms with Crippen LogP contribution in [0.25, 0.3) is 0 Å². The van der Waals surface area contributed by atoms with Crippen LogP contribution in [0.3, 0.4) is 0 Å². The second-order valence-corrected chi connectivity index (χ2v) is 3.98. The third-order valence-electron chi connectivity index (χ3n) is 2.77. The Balaban J connectivity index is 3.13. The molecule has 1 atom stereocenters. The molecule has 0 fully saturated rings. The van der Waals surface area contributed by atoms with Gasteiger partial charge in [-0.3, -0.25) is 0 Å². The van der Waals surface area contributed by atoms with Crippen molar-refractivity contribution in [1.82, 2.24) is 9.97 Å². The van der Waals surface area contributed by atoms with Crippen LogP contribution in [0.15, 0.2) is 6.07 Å². The summed E-state index contributed by atoms with van der Waals surface area (Å²) in [5.41, 5.74) is 6.30. The molecule has 0 aliphatic heterocycles. The third kappa shape index (κ3) is 2.70. The second-order valence-electron chi connectivity index (χ2n) is 3.98. The molecule has 1 unspecified atom stereocenters. The zero-order valence-electron chi connectivity index (χ0n) is 10.6. The molecule has 0 saturated carbocycles. The highest BCUT2D eigenvalue weighted by atomic mass is 16.5. The molecule has 1 heterocycles. The molecule has 0 radical (unpaired) electrons. The molecule has 1 aromatic rings. The lowest BCUT2D eigenvalue weighted by molar-refractivity contribution is -0.0390. The maximum absolute atomic E-state index is 5.78. The van der Waals surface area contributed by atoms with Gasteiger partial charge >= 0.3 is 0 Å². The van der Waals surface area contributed by atoms with Crippen molar-refractivity contribution in [3.63, 3.8) is 0 Å². The lowest BCUT2D eigenvalue weighted by atomic mass is 10.0. The fourth-order valence-electron chi connectivity index (χ4n) is 1.58. The Morgan fingerprint density at radius 3 is 2.50 bits per heavy atom. The molecule has 1 aromatic heterocycles. The zero-order valence-corrected chi connectivity index (χ0v) is 10.6. The van der Waals surface area contributed by atoms with Gasteiger partial charge in [0, 0.05) is 18.4 Å². The van der Waals surface area contributed by atoms with Crippen LogP contribution in [-0.4, -0.2) is 16.6 Å². The van der Waals surface area contributed by atoms with E-state index < -0.39 is 5.60 Å². The molecule has 0 saturated heterocycles. The topological polar surface area (TPSA) is 61.0 Å². The first-order chi connectivity index (χ1) is 7.55. The van der Waals surface area contributed by atoms with Gasteiger partial charge in [-0.25, -0.2) is 9.97 Å². The maximum Gasteiger partial charge on any atom is 0.162 e. The summed E-state index contributed by atoms with van der Waals surface area (Å²) in [7, 11) is 0. The Hall–Kier alpha value is -1.16. The molecule has 0 aromatic carbocycles. The van der Waals surface area contributed by atoms with Crippen LogP contribution in [0.5, 0.6) is 0 Å². The van der Waals surface area contributed by atoms with E-state index in [0.717, 1.165) is 18.5 Å². The number of ether oxygens (including phenoxy) is 1. The van der Waals surface area contributed by atoms with Crippen LogP contribution in [0.4, 0.5) is 5.82 Å². The van der Waals surface area contributed by atoms with Gasteiger partial charge in [0.15, 0.2) is 5.82 Å². The average Bonchev–Trinajstić information content (AvgIpc) is 2.28. The highest BCUT2D eigenvalue weighted by Gasteiger charge is 2.28. The van der Waals surface area contributed by atoms with Crippen molar-refractivity contribution in [2.24, 2.45) is 0 Å². The summed E-state index contributed by atoms with van der Waals surface area (Å²) >= 11 is 0. The largest absolute Gasteiger partial charge is 0.384 e. The molecule has 1 rings (SSSR count). The quantitative estimate of drug-likeness (QED) is 0.832. The summed E-state index contributed by atoms with van der Waals surface area (Å²) in [6.45, 7) is 8.74. The number of aromatic nitrogens is 2. The molecule has 2 N–H and O–H groups in total. The number of nitrogens with two attached hydrogens (primary N) is 1. The van der Waals surface area contributed by atoms with E-state index in [1.807, 2.05) is 19.9 Å². The lowest BCUT2D eigenvalue weighted by Crippen LogP contribution is -2.28. The van der Waals surface area contributed by atoms with E-state index in [1.165, 1.54) is 0 Å². The number of aryl methyl sites for hydroxylation is 1. The standard InChI is InChI=1S/C12H21N3O/c1-5-9-8-10(13)15-11(14-9)12(4,6-2)16-7-3/h8H,5-7H2,1-4H3,(H2,13,14,15). The molecule has 0 amide bonds. The second kappa shape index (κ2) is 5.25. The van der Waals surface area contributed by atoms with Gasteiger partial charge in [-0.2, -0.15) is 0 Å². The number of nitrogens with zero attached hydrogens (tertiary/aromatic N) is 2. The van der Waals surface area contributed by atoms with Crippen LogP contribution in [0, 0.1) is 0 Å². The van der Waals surface area contributed by atoms with Crippen molar-refractivity contribution >= 4 is 5.82 Å². The molecule has 16 heavy (non-hydrogen) atoms. The first-order valence-electron chi connectivity index (χ1n) is 5.83. The van der Waals surface area contributed by atoms with Gasteiger partial charge in [0.2, 0.25) is 0 Å². The first kappa shape index (κ1) is 12.9. The average molecular weight is 223 g/mol. The number of rotatable bonds is 5.